The molecular formula is C18H28N6O. The summed E-state index contributed by atoms with van der Waals surface area (Å²) in [5.41, 5.74) is -0.662. The summed E-state index contributed by atoms with van der Waals surface area (Å²) < 4.78 is 1.84. The van der Waals surface area contributed by atoms with Gasteiger partial charge in [0, 0.05) is 6.04 Å². The number of hydrogen-bond donors (Lipinski definition) is 1. The maximum atomic E-state index is 12.7. The van der Waals surface area contributed by atoms with Crippen LogP contribution >= 0.6 is 0 Å². The number of nitrogens with zero attached hydrogens (tertiary/aromatic N) is 5. The average molecular weight is 344 g/mol. The van der Waals surface area contributed by atoms with Crippen LogP contribution in [-0.4, -0.2) is 50.2 Å². The molecule has 1 N–H and O–H groups in total. The van der Waals surface area contributed by atoms with Gasteiger partial charge < -0.3 is 5.32 Å². The molecule has 0 bridgehead atoms. The van der Waals surface area contributed by atoms with Gasteiger partial charge in [-0.1, -0.05) is 32.1 Å². The predicted octanol–water partition coefficient (Wildman–Crippen LogP) is 1.87. The molecule has 0 aromatic carbocycles. The Labute approximate surface area is 149 Å². The Morgan fingerprint density at radius 2 is 2.04 bits per heavy atom. The second kappa shape index (κ2) is 8.43. The summed E-state index contributed by atoms with van der Waals surface area (Å²) in [6, 6.07) is 2.70. The van der Waals surface area contributed by atoms with E-state index >= 15 is 0 Å². The molecule has 1 saturated heterocycles. The van der Waals surface area contributed by atoms with E-state index in [2.05, 4.69) is 26.4 Å². The number of carbonyl (C=O) groups excluding carboxylic acids is 1. The Balaban J connectivity index is 1.58. The van der Waals surface area contributed by atoms with Gasteiger partial charge in [0.15, 0.2) is 0 Å². The van der Waals surface area contributed by atoms with E-state index in [9.17, 15) is 10.1 Å². The normalized spacial score (nSPS) is 24.2. The van der Waals surface area contributed by atoms with Gasteiger partial charge in [-0.25, -0.2) is 4.98 Å². The number of piperidine rings is 1. The second-order valence-electron chi connectivity index (χ2n) is 7.39. The van der Waals surface area contributed by atoms with Gasteiger partial charge in [-0.05, 0) is 32.2 Å². The van der Waals surface area contributed by atoms with Gasteiger partial charge in [-0.15, -0.1) is 0 Å². The van der Waals surface area contributed by atoms with Crippen LogP contribution in [0.1, 0.15) is 57.8 Å². The molecule has 7 nitrogen and oxygen atoms in total. The van der Waals surface area contributed by atoms with Crippen LogP contribution in [0.4, 0.5) is 0 Å². The summed E-state index contributed by atoms with van der Waals surface area (Å²) in [7, 11) is 0. The molecule has 1 saturated carbocycles. The van der Waals surface area contributed by atoms with Crippen molar-refractivity contribution in [3.63, 3.8) is 0 Å². The van der Waals surface area contributed by atoms with Gasteiger partial charge in [-0.2, -0.15) is 10.4 Å². The third-order valence-electron chi connectivity index (χ3n) is 5.51. The lowest BCUT2D eigenvalue weighted by Crippen LogP contribution is -2.53. The van der Waals surface area contributed by atoms with Crippen LogP contribution in [-0.2, 0) is 11.3 Å². The highest BCUT2D eigenvalue weighted by molar-refractivity contribution is 5.79. The van der Waals surface area contributed by atoms with E-state index in [1.54, 1.807) is 12.7 Å². The van der Waals surface area contributed by atoms with Crippen LogP contribution < -0.4 is 5.32 Å². The van der Waals surface area contributed by atoms with Crippen molar-refractivity contribution in [3.8, 4) is 6.07 Å². The molecule has 1 amide bonds. The molecule has 1 aromatic rings. The Morgan fingerprint density at radius 1 is 1.24 bits per heavy atom. The number of carbonyl (C=O) groups is 1. The van der Waals surface area contributed by atoms with Crippen molar-refractivity contribution >= 4 is 5.91 Å². The molecule has 7 heteroatoms. The van der Waals surface area contributed by atoms with Crippen LogP contribution in [0.2, 0.25) is 0 Å². The minimum absolute atomic E-state index is 0.0195. The molecule has 1 atom stereocenters. The highest BCUT2D eigenvalue weighted by atomic mass is 16.2. The van der Waals surface area contributed by atoms with Gasteiger partial charge >= 0.3 is 0 Å². The van der Waals surface area contributed by atoms with Crippen LogP contribution in [0.5, 0.6) is 0 Å². The molecule has 0 unspecified atom stereocenters. The lowest BCUT2D eigenvalue weighted by Gasteiger charge is -2.36. The van der Waals surface area contributed by atoms with E-state index in [1.165, 1.54) is 6.42 Å². The van der Waals surface area contributed by atoms with Gasteiger partial charge in [0.25, 0.3) is 0 Å². The first-order valence-corrected chi connectivity index (χ1v) is 9.49. The maximum Gasteiger partial charge on any atom is 0.235 e. The van der Waals surface area contributed by atoms with Crippen LogP contribution in [0, 0.1) is 11.3 Å². The summed E-state index contributed by atoms with van der Waals surface area (Å²) in [5.74, 6) is -0.0195. The van der Waals surface area contributed by atoms with E-state index in [0.717, 1.165) is 64.5 Å². The quantitative estimate of drug-likeness (QED) is 0.824. The molecule has 1 aliphatic heterocycles. The summed E-state index contributed by atoms with van der Waals surface area (Å²) >= 11 is 0. The van der Waals surface area contributed by atoms with Gasteiger partial charge in [0.1, 0.15) is 18.2 Å². The highest BCUT2D eigenvalue weighted by Gasteiger charge is 2.33. The Hall–Kier alpha value is -1.94. The largest absolute Gasteiger partial charge is 0.337 e. The van der Waals surface area contributed by atoms with Crippen molar-refractivity contribution in [1.82, 2.24) is 25.0 Å². The molecule has 2 fully saturated rings. The van der Waals surface area contributed by atoms with Crippen molar-refractivity contribution in [3.05, 3.63) is 12.7 Å². The predicted molar refractivity (Wildman–Crippen MR) is 93.4 cm³/mol. The topological polar surface area (TPSA) is 86.8 Å². The van der Waals surface area contributed by atoms with Crippen LogP contribution in [0.15, 0.2) is 12.7 Å². The van der Waals surface area contributed by atoms with Gasteiger partial charge in [0.05, 0.1) is 19.2 Å². The Morgan fingerprint density at radius 3 is 2.72 bits per heavy atom. The first-order valence-electron chi connectivity index (χ1n) is 9.49. The maximum absolute atomic E-state index is 12.7. The minimum atomic E-state index is -0.662. The number of amides is 1. The van der Waals surface area contributed by atoms with Gasteiger partial charge in [0.2, 0.25) is 5.91 Å². The fourth-order valence-electron chi connectivity index (χ4n) is 4.11. The Kier molecular flexibility index (Phi) is 6.03. The molecule has 2 aliphatic rings. The molecule has 25 heavy (non-hydrogen) atoms. The summed E-state index contributed by atoms with van der Waals surface area (Å²) in [6.45, 7) is 2.05. The summed E-state index contributed by atoms with van der Waals surface area (Å²) in [5, 5.41) is 16.9. The standard InChI is InChI=1S/C18H28N6O/c19-13-18(8-4-1-2-5-9-18)22-17(25)12-23-10-6-3-7-16(23)11-24-15-20-14-21-24/h14-16H,1-12H2,(H,22,25)/t16-/m0/s1. The van der Waals surface area contributed by atoms with Crippen LogP contribution in [0.3, 0.4) is 0 Å². The summed E-state index contributed by atoms with van der Waals surface area (Å²) in [6.07, 6.45) is 12.5. The molecule has 0 spiro atoms. The van der Waals surface area contributed by atoms with Crippen molar-refractivity contribution in [2.24, 2.45) is 0 Å². The number of nitrogens with one attached hydrogen (secondary N) is 1. The monoisotopic (exact) mass is 344 g/mol. The average Bonchev–Trinajstić information content (AvgIpc) is 3.01. The van der Waals surface area contributed by atoms with E-state index < -0.39 is 5.54 Å². The van der Waals surface area contributed by atoms with E-state index in [4.69, 9.17) is 0 Å². The molecule has 1 aliphatic carbocycles. The van der Waals surface area contributed by atoms with Crippen molar-refractivity contribution < 1.29 is 4.79 Å². The summed E-state index contributed by atoms with van der Waals surface area (Å²) in [4.78, 5) is 18.9. The third-order valence-corrected chi connectivity index (χ3v) is 5.51. The number of likely N-dealkylation sites (tertiary alicyclic amines) is 1. The molecule has 1 aromatic heterocycles. The van der Waals surface area contributed by atoms with E-state index in [1.807, 2.05) is 4.68 Å². The van der Waals surface area contributed by atoms with E-state index in [0.29, 0.717) is 12.6 Å². The van der Waals surface area contributed by atoms with Crippen LogP contribution in [0.25, 0.3) is 0 Å². The molecular weight excluding hydrogens is 316 g/mol. The molecule has 3 rings (SSSR count). The third kappa shape index (κ3) is 4.79. The number of rotatable bonds is 5. The first-order chi connectivity index (χ1) is 12.2. The highest BCUT2D eigenvalue weighted by Crippen LogP contribution is 2.26. The zero-order chi connectivity index (χ0) is 17.5. The number of nitriles is 1. The van der Waals surface area contributed by atoms with Crippen molar-refractivity contribution in [1.29, 1.82) is 5.26 Å². The molecule has 136 valence electrons. The Bertz CT molecular complexity index is 585. The van der Waals surface area contributed by atoms with Crippen molar-refractivity contribution in [2.45, 2.75) is 75.9 Å². The zero-order valence-electron chi connectivity index (χ0n) is 14.9. The van der Waals surface area contributed by atoms with Gasteiger partial charge in [-0.3, -0.25) is 14.4 Å². The van der Waals surface area contributed by atoms with E-state index in [-0.39, 0.29) is 5.91 Å². The first kappa shape index (κ1) is 17.9. The lowest BCUT2D eigenvalue weighted by atomic mass is 9.91. The fourth-order valence-corrected chi connectivity index (χ4v) is 4.11. The SMILES string of the molecule is N#CC1(NC(=O)CN2CCCC[C@H]2Cn2cncn2)CCCCCC1. The van der Waals surface area contributed by atoms with Crippen molar-refractivity contribution in [2.75, 3.05) is 13.1 Å². The molecule has 0 radical (unpaired) electrons. The minimum Gasteiger partial charge on any atom is -0.337 e. The number of hydrogen-bond acceptors (Lipinski definition) is 5. The second-order valence-corrected chi connectivity index (χ2v) is 7.39. The number of aromatic nitrogens is 3. The smallest absolute Gasteiger partial charge is 0.235 e. The lowest BCUT2D eigenvalue weighted by molar-refractivity contribution is -0.124. The molecule has 2 heterocycles. The fraction of sp³-hybridized carbons (Fsp3) is 0.778. The zero-order valence-corrected chi connectivity index (χ0v) is 14.9.